The van der Waals surface area contributed by atoms with Crippen molar-refractivity contribution in [2.75, 3.05) is 9.80 Å². The smallest absolute Gasteiger partial charge is 0.0468 e. The summed E-state index contributed by atoms with van der Waals surface area (Å²) in [4.78, 5) is 5.07. The summed E-state index contributed by atoms with van der Waals surface area (Å²) in [5.41, 5.74) is 33.2. The summed E-state index contributed by atoms with van der Waals surface area (Å²) in [6.45, 7) is 26.3. The fourth-order valence-electron chi connectivity index (χ4n) is 19.6. The van der Waals surface area contributed by atoms with E-state index in [2.05, 4.69) is 383 Å². The zero-order chi connectivity index (χ0) is 70.7. The molecule has 4 aliphatic rings. The van der Waals surface area contributed by atoms with Gasteiger partial charge >= 0.3 is 0 Å². The number of hydrogen-bond acceptors (Lipinski definition) is 2. The SMILES string of the molecule is CC(C)(C)c1ccc(N(c2ccc3c(c2)C(C)(C)c2ccccc2-3)c2ccc3c(-c4ccc5c(c4)C(C)(C)c4c-5ccc5ccccc45)c4cc(N(c5ccc6c(c5)C(C)(C)c5ccccc5-6)c5ccc6ccccc6c5)ccc4c(-c4ccc5c(c4)C(C)(C)c4c-5ccc5ccccc45)c3c2)cc1. The van der Waals surface area contributed by atoms with Gasteiger partial charge in [0.1, 0.15) is 0 Å². The van der Waals surface area contributed by atoms with E-state index in [-0.39, 0.29) is 27.1 Å². The predicted molar refractivity (Wildman–Crippen MR) is 443 cm³/mol. The molecule has 500 valence electrons. The lowest BCUT2D eigenvalue weighted by atomic mass is 9.78. The van der Waals surface area contributed by atoms with Crippen molar-refractivity contribution in [2.45, 2.75) is 103 Å². The molecule has 0 atom stereocenters. The normalized spacial score (nSPS) is 15.0. The Morgan fingerprint density at radius 3 is 1.05 bits per heavy atom. The minimum atomic E-state index is -0.297. The molecule has 0 saturated heterocycles. The molecule has 104 heavy (non-hydrogen) atoms. The molecule has 0 saturated carbocycles. The van der Waals surface area contributed by atoms with Gasteiger partial charge in [-0.05, 0) is 261 Å². The van der Waals surface area contributed by atoms with E-state index in [4.69, 9.17) is 0 Å². The van der Waals surface area contributed by atoms with E-state index in [0.29, 0.717) is 0 Å². The van der Waals surface area contributed by atoms with Crippen LogP contribution in [0, 0.1) is 0 Å². The first kappa shape index (κ1) is 62.2. The Kier molecular flexibility index (Phi) is 13.1. The van der Waals surface area contributed by atoms with Crippen molar-refractivity contribution in [3.05, 3.63) is 347 Å². The molecule has 0 heterocycles. The van der Waals surface area contributed by atoms with E-state index in [0.717, 1.165) is 34.1 Å². The summed E-state index contributed by atoms with van der Waals surface area (Å²) in [6.07, 6.45) is 0. The molecule has 0 bridgehead atoms. The second kappa shape index (κ2) is 22.0. The van der Waals surface area contributed by atoms with Gasteiger partial charge in [0.25, 0.3) is 0 Å². The second-order valence-corrected chi connectivity index (χ2v) is 33.2. The number of benzene rings is 16. The Morgan fingerprint density at radius 2 is 0.558 bits per heavy atom. The minimum Gasteiger partial charge on any atom is -0.310 e. The Balaban J connectivity index is 0.888. The lowest BCUT2D eigenvalue weighted by Gasteiger charge is -2.30. The Morgan fingerprint density at radius 1 is 0.221 bits per heavy atom. The van der Waals surface area contributed by atoms with Gasteiger partial charge in [-0.1, -0.05) is 288 Å². The maximum atomic E-state index is 2.58. The second-order valence-electron chi connectivity index (χ2n) is 33.2. The van der Waals surface area contributed by atoms with E-state index < -0.39 is 0 Å². The van der Waals surface area contributed by atoms with Crippen LogP contribution >= 0.6 is 0 Å². The first-order valence-corrected chi connectivity index (χ1v) is 37.3. The van der Waals surface area contributed by atoms with Gasteiger partial charge in [-0.3, -0.25) is 0 Å². The van der Waals surface area contributed by atoms with Gasteiger partial charge in [-0.15, -0.1) is 0 Å². The number of anilines is 6. The molecular weight excluding hydrogens is 1250 g/mol. The van der Waals surface area contributed by atoms with E-state index in [1.807, 2.05) is 0 Å². The van der Waals surface area contributed by atoms with Crippen molar-refractivity contribution in [3.8, 4) is 66.8 Å². The summed E-state index contributed by atoms with van der Waals surface area (Å²) < 4.78 is 0. The third-order valence-corrected chi connectivity index (χ3v) is 24.9. The zero-order valence-electron chi connectivity index (χ0n) is 61.2. The molecule has 0 aromatic heterocycles. The van der Waals surface area contributed by atoms with Gasteiger partial charge < -0.3 is 9.80 Å². The fraction of sp³-hybridized carbons (Fsp3) is 0.157. The van der Waals surface area contributed by atoms with Crippen molar-refractivity contribution in [1.82, 2.24) is 0 Å². The topological polar surface area (TPSA) is 6.48 Å². The third kappa shape index (κ3) is 8.94. The van der Waals surface area contributed by atoms with E-state index >= 15 is 0 Å². The lowest BCUT2D eigenvalue weighted by molar-refractivity contribution is 0.590. The third-order valence-electron chi connectivity index (χ3n) is 24.9. The molecular formula is C102H82N2. The lowest BCUT2D eigenvalue weighted by Crippen LogP contribution is -2.17. The van der Waals surface area contributed by atoms with Crippen LogP contribution in [0.4, 0.5) is 34.1 Å². The summed E-state index contributed by atoms with van der Waals surface area (Å²) in [6, 6.07) is 115. The predicted octanol–water partition coefficient (Wildman–Crippen LogP) is 28.2. The number of hydrogen-bond donors (Lipinski definition) is 0. The van der Waals surface area contributed by atoms with Crippen LogP contribution in [0.5, 0.6) is 0 Å². The molecule has 2 heteroatoms. The van der Waals surface area contributed by atoms with Gasteiger partial charge in [0.2, 0.25) is 0 Å². The summed E-state index contributed by atoms with van der Waals surface area (Å²) in [5.74, 6) is 0. The van der Waals surface area contributed by atoms with E-state index in [1.165, 1.54) is 171 Å². The van der Waals surface area contributed by atoms with E-state index in [9.17, 15) is 0 Å². The molecule has 20 rings (SSSR count). The van der Waals surface area contributed by atoms with Crippen LogP contribution in [-0.4, -0.2) is 0 Å². The molecule has 4 aliphatic carbocycles. The average Bonchev–Trinajstić information content (AvgIpc) is 0.865. The van der Waals surface area contributed by atoms with Crippen LogP contribution < -0.4 is 9.80 Å². The molecule has 16 aromatic carbocycles. The highest BCUT2D eigenvalue weighted by Crippen LogP contribution is 2.59. The molecule has 0 radical (unpaired) electrons. The quantitative estimate of drug-likeness (QED) is 0.140. The van der Waals surface area contributed by atoms with Crippen LogP contribution in [0.15, 0.2) is 297 Å². The van der Waals surface area contributed by atoms with Gasteiger partial charge in [0.15, 0.2) is 0 Å². The maximum absolute atomic E-state index is 2.58. The van der Waals surface area contributed by atoms with Crippen LogP contribution in [-0.2, 0) is 27.1 Å². The Bertz CT molecular complexity index is 6400. The number of rotatable bonds is 8. The van der Waals surface area contributed by atoms with Crippen molar-refractivity contribution in [1.29, 1.82) is 0 Å². The molecule has 0 unspecified atom stereocenters. The summed E-state index contributed by atoms with van der Waals surface area (Å²) in [5, 5.41) is 12.4. The first-order valence-electron chi connectivity index (χ1n) is 37.3. The molecule has 2 nitrogen and oxygen atoms in total. The zero-order valence-corrected chi connectivity index (χ0v) is 61.2. The Labute approximate surface area is 611 Å². The molecule has 0 fully saturated rings. The van der Waals surface area contributed by atoms with Gasteiger partial charge in [-0.2, -0.15) is 0 Å². The highest BCUT2D eigenvalue weighted by atomic mass is 15.1. The summed E-state index contributed by atoms with van der Waals surface area (Å²) in [7, 11) is 0. The van der Waals surface area contributed by atoms with Gasteiger partial charge in [-0.25, -0.2) is 0 Å². The van der Waals surface area contributed by atoms with Crippen LogP contribution in [0.2, 0.25) is 0 Å². The van der Waals surface area contributed by atoms with Gasteiger partial charge in [0, 0.05) is 55.8 Å². The van der Waals surface area contributed by atoms with E-state index in [1.54, 1.807) is 0 Å². The van der Waals surface area contributed by atoms with Gasteiger partial charge in [0.05, 0.1) is 0 Å². The number of fused-ring (bicyclic) bond motifs is 19. The van der Waals surface area contributed by atoms with Crippen molar-refractivity contribution >= 4 is 88.0 Å². The first-order chi connectivity index (χ1) is 50.2. The monoisotopic (exact) mass is 1330 g/mol. The largest absolute Gasteiger partial charge is 0.310 e. The van der Waals surface area contributed by atoms with Crippen molar-refractivity contribution in [3.63, 3.8) is 0 Å². The van der Waals surface area contributed by atoms with Crippen LogP contribution in [0.1, 0.15) is 126 Å². The minimum absolute atomic E-state index is 0.0265. The standard InChI is InChI=1S/C102H82N2/c1-98(2,3)67-37-40-68(41-38-67)103(72-42-50-78-76-28-18-20-30-88(76)99(4,5)92(78)59-72)70-44-52-82-86(57-70)94(65-35-46-80-84-48-33-62-23-14-16-26-74(62)96(84)101(8,9)90(80)55-65)83-53-45-71(58-87(83)95(82)66-36-47-81-85-49-34-63-24-15-17-27-75(63)97(85)102(10,11)91(81)56-66)104(69-39-32-61-22-12-13-25-64(61)54-69)73-43-51-79-77-29-19-21-31-89(77)100(6,7)93(79)60-73/h12-60H,1-11H3. The summed E-state index contributed by atoms with van der Waals surface area (Å²) >= 11 is 0. The average molecular weight is 1340 g/mol. The maximum Gasteiger partial charge on any atom is 0.0468 e. The molecule has 0 spiro atoms. The highest BCUT2D eigenvalue weighted by Gasteiger charge is 2.42. The molecule has 0 aliphatic heterocycles. The molecule has 0 amide bonds. The Hall–Kier alpha value is -11.6. The molecule has 0 N–H and O–H groups in total. The van der Waals surface area contributed by atoms with Crippen LogP contribution in [0.25, 0.3) is 121 Å². The molecule has 16 aromatic rings. The fourth-order valence-corrected chi connectivity index (χ4v) is 19.6. The van der Waals surface area contributed by atoms with Crippen molar-refractivity contribution in [2.24, 2.45) is 0 Å². The highest BCUT2D eigenvalue weighted by molar-refractivity contribution is 6.23. The number of nitrogens with zero attached hydrogens (tertiary/aromatic N) is 2. The van der Waals surface area contributed by atoms with Crippen LogP contribution in [0.3, 0.4) is 0 Å². The van der Waals surface area contributed by atoms with Crippen molar-refractivity contribution < 1.29 is 0 Å².